The van der Waals surface area contributed by atoms with E-state index in [-0.39, 0.29) is 12.5 Å². The number of methoxy groups -OCH3 is 1. The maximum Gasteiger partial charge on any atom is 0.408 e. The van der Waals surface area contributed by atoms with Gasteiger partial charge in [-0.05, 0) is 46.1 Å². The molecule has 0 unspecified atom stereocenters. The number of carbonyl (C=O) groups is 6. The van der Waals surface area contributed by atoms with Crippen LogP contribution in [0.1, 0.15) is 66.9 Å². The zero-order valence-corrected chi connectivity index (χ0v) is 25.6. The fourth-order valence-electron chi connectivity index (χ4n) is 3.47. The first-order valence-corrected chi connectivity index (χ1v) is 13.8. The van der Waals surface area contributed by atoms with Gasteiger partial charge in [0.1, 0.15) is 36.4 Å². The summed E-state index contributed by atoms with van der Waals surface area (Å²) in [5, 5.41) is 9.82. The summed E-state index contributed by atoms with van der Waals surface area (Å²) in [5.74, 6) is -3.96. The highest BCUT2D eigenvalue weighted by molar-refractivity contribution is 5.96. The minimum atomic E-state index is -1.45. The number of hydrogen-bond donors (Lipinski definition) is 4. The van der Waals surface area contributed by atoms with E-state index in [1.165, 1.54) is 21.0 Å². The number of nitrogens with one attached hydrogen (secondary N) is 4. The van der Waals surface area contributed by atoms with E-state index in [1.54, 1.807) is 58.0 Å². The van der Waals surface area contributed by atoms with Gasteiger partial charge >= 0.3 is 18.0 Å². The molecule has 0 aliphatic carbocycles. The summed E-state index contributed by atoms with van der Waals surface area (Å²) in [6, 6.07) is 4.20. The standard InChI is InChI=1S/C29H44N4O9/c1-9-17(2)23(27(38)40-8)33-25(36)18(3)30-26(37)21(15-22(34)41-16-20-13-11-10-12-14-20)32-24(35)19(4)31-28(39)42-29(5,6)7/h10-14,17-19,21,23H,9,15-16H2,1-8H3,(H,30,37)(H,31,39)(H,32,35)(H,33,36)/t17-,18-,19+,21+,23-/m0/s1. The highest BCUT2D eigenvalue weighted by Crippen LogP contribution is 2.10. The Kier molecular flexibility index (Phi) is 14.5. The highest BCUT2D eigenvalue weighted by Gasteiger charge is 2.32. The Morgan fingerprint density at radius 1 is 0.810 bits per heavy atom. The highest BCUT2D eigenvalue weighted by atomic mass is 16.6. The Morgan fingerprint density at radius 2 is 1.38 bits per heavy atom. The van der Waals surface area contributed by atoms with Gasteiger partial charge in [-0.1, -0.05) is 50.6 Å². The Hall–Kier alpha value is -4.16. The van der Waals surface area contributed by atoms with Crippen molar-refractivity contribution in [3.05, 3.63) is 35.9 Å². The van der Waals surface area contributed by atoms with Gasteiger partial charge in [0.2, 0.25) is 17.7 Å². The number of carbonyl (C=O) groups excluding carboxylic acids is 6. The van der Waals surface area contributed by atoms with Gasteiger partial charge < -0.3 is 35.5 Å². The zero-order chi connectivity index (χ0) is 32.0. The molecule has 0 saturated heterocycles. The summed E-state index contributed by atoms with van der Waals surface area (Å²) < 4.78 is 15.2. The minimum absolute atomic E-state index is 0.0537. The summed E-state index contributed by atoms with van der Waals surface area (Å²) in [6.07, 6.45) is -0.828. The topological polar surface area (TPSA) is 178 Å². The predicted molar refractivity (Wildman–Crippen MR) is 153 cm³/mol. The smallest absolute Gasteiger partial charge is 0.408 e. The first-order valence-electron chi connectivity index (χ1n) is 13.8. The number of rotatable bonds is 14. The summed E-state index contributed by atoms with van der Waals surface area (Å²) in [7, 11) is 1.21. The lowest BCUT2D eigenvalue weighted by Crippen LogP contribution is -2.57. The quantitative estimate of drug-likeness (QED) is 0.185. The van der Waals surface area contributed by atoms with Gasteiger partial charge in [0.05, 0.1) is 13.5 Å². The van der Waals surface area contributed by atoms with Crippen LogP contribution in [0.4, 0.5) is 4.79 Å². The third-order valence-electron chi connectivity index (χ3n) is 6.09. The molecular formula is C29H44N4O9. The van der Waals surface area contributed by atoms with E-state index >= 15 is 0 Å². The maximum absolute atomic E-state index is 13.2. The first-order chi connectivity index (χ1) is 19.6. The van der Waals surface area contributed by atoms with Gasteiger partial charge in [-0.15, -0.1) is 0 Å². The molecule has 0 aliphatic rings. The van der Waals surface area contributed by atoms with Crippen LogP contribution in [0.25, 0.3) is 0 Å². The van der Waals surface area contributed by atoms with Gasteiger partial charge in [0, 0.05) is 0 Å². The van der Waals surface area contributed by atoms with E-state index in [9.17, 15) is 28.8 Å². The zero-order valence-electron chi connectivity index (χ0n) is 25.6. The molecule has 0 aromatic heterocycles. The Bertz CT molecular complexity index is 1090. The number of amides is 4. The van der Waals surface area contributed by atoms with E-state index in [4.69, 9.17) is 14.2 Å². The second-order valence-corrected chi connectivity index (χ2v) is 10.9. The lowest BCUT2D eigenvalue weighted by molar-refractivity contribution is -0.148. The van der Waals surface area contributed by atoms with Crippen LogP contribution in [0, 0.1) is 5.92 Å². The molecule has 1 rings (SSSR count). The molecule has 0 heterocycles. The Balaban J connectivity index is 2.99. The number of esters is 2. The van der Waals surface area contributed by atoms with Gasteiger partial charge in [-0.2, -0.15) is 0 Å². The number of ether oxygens (including phenoxy) is 3. The van der Waals surface area contributed by atoms with Crippen LogP contribution in [-0.4, -0.2) is 72.6 Å². The molecule has 0 saturated carbocycles. The van der Waals surface area contributed by atoms with Crippen molar-refractivity contribution in [2.24, 2.45) is 5.92 Å². The molecule has 0 fully saturated rings. The maximum atomic E-state index is 13.2. The van der Waals surface area contributed by atoms with Crippen LogP contribution in [0.3, 0.4) is 0 Å². The molecular weight excluding hydrogens is 548 g/mol. The van der Waals surface area contributed by atoms with Gasteiger partial charge in [0.25, 0.3) is 0 Å². The van der Waals surface area contributed by atoms with Gasteiger partial charge in [-0.25, -0.2) is 9.59 Å². The van der Waals surface area contributed by atoms with Crippen molar-refractivity contribution in [3.8, 4) is 0 Å². The molecule has 4 amide bonds. The lowest BCUT2D eigenvalue weighted by Gasteiger charge is -2.26. The monoisotopic (exact) mass is 592 g/mol. The van der Waals surface area contributed by atoms with Crippen molar-refractivity contribution in [1.82, 2.24) is 21.3 Å². The van der Waals surface area contributed by atoms with Crippen LogP contribution in [0.5, 0.6) is 0 Å². The van der Waals surface area contributed by atoms with Crippen molar-refractivity contribution >= 4 is 35.8 Å². The number of alkyl carbamates (subject to hydrolysis) is 1. The molecule has 4 N–H and O–H groups in total. The molecule has 13 nitrogen and oxygen atoms in total. The van der Waals surface area contributed by atoms with E-state index in [2.05, 4.69) is 21.3 Å². The summed E-state index contributed by atoms with van der Waals surface area (Å²) in [6.45, 7) is 11.3. The summed E-state index contributed by atoms with van der Waals surface area (Å²) in [4.78, 5) is 75.7. The van der Waals surface area contributed by atoms with E-state index in [1.807, 2.05) is 6.92 Å². The van der Waals surface area contributed by atoms with E-state index in [0.29, 0.717) is 6.42 Å². The summed E-state index contributed by atoms with van der Waals surface area (Å²) >= 11 is 0. The fourth-order valence-corrected chi connectivity index (χ4v) is 3.47. The molecule has 234 valence electrons. The second-order valence-electron chi connectivity index (χ2n) is 10.9. The van der Waals surface area contributed by atoms with E-state index < -0.39 is 71.9 Å². The molecule has 1 aromatic rings. The van der Waals surface area contributed by atoms with E-state index in [0.717, 1.165) is 5.56 Å². The average molecular weight is 593 g/mol. The van der Waals surface area contributed by atoms with Crippen molar-refractivity contribution in [3.63, 3.8) is 0 Å². The SMILES string of the molecule is CC[C@H](C)[C@H](NC(=O)[C@H](C)NC(=O)[C@@H](CC(=O)OCc1ccccc1)NC(=O)[C@@H](C)NC(=O)OC(C)(C)C)C(=O)OC. The summed E-state index contributed by atoms with van der Waals surface area (Å²) in [5.41, 5.74) is -0.0817. The molecule has 1 aromatic carbocycles. The van der Waals surface area contributed by atoms with Crippen molar-refractivity contribution in [2.75, 3.05) is 7.11 Å². The fraction of sp³-hybridized carbons (Fsp3) is 0.586. The second kappa shape index (κ2) is 16.9. The largest absolute Gasteiger partial charge is 0.467 e. The molecule has 0 bridgehead atoms. The van der Waals surface area contributed by atoms with Gasteiger partial charge in [0.15, 0.2) is 0 Å². The van der Waals surface area contributed by atoms with Gasteiger partial charge in [-0.3, -0.25) is 19.2 Å². The van der Waals surface area contributed by atoms with Crippen LogP contribution in [0.15, 0.2) is 30.3 Å². The van der Waals surface area contributed by atoms with Crippen molar-refractivity contribution in [1.29, 1.82) is 0 Å². The lowest BCUT2D eigenvalue weighted by atomic mass is 9.99. The van der Waals surface area contributed by atoms with Crippen molar-refractivity contribution in [2.45, 2.75) is 97.7 Å². The first kappa shape index (κ1) is 35.9. The molecule has 0 spiro atoms. The molecule has 0 radical (unpaired) electrons. The molecule has 42 heavy (non-hydrogen) atoms. The third-order valence-corrected chi connectivity index (χ3v) is 6.09. The molecule has 5 atom stereocenters. The number of benzene rings is 1. The molecule has 13 heteroatoms. The Morgan fingerprint density at radius 3 is 1.93 bits per heavy atom. The third kappa shape index (κ3) is 13.0. The average Bonchev–Trinajstić information content (AvgIpc) is 2.92. The predicted octanol–water partition coefficient (Wildman–Crippen LogP) is 1.73. The normalized spacial score (nSPS) is 14.6. The van der Waals surface area contributed by atoms with Crippen molar-refractivity contribution < 1.29 is 43.0 Å². The Labute approximate surface area is 246 Å². The van der Waals surface area contributed by atoms with Crippen LogP contribution < -0.4 is 21.3 Å². The number of hydrogen-bond acceptors (Lipinski definition) is 9. The van der Waals surface area contributed by atoms with Crippen LogP contribution in [0.2, 0.25) is 0 Å². The minimum Gasteiger partial charge on any atom is -0.467 e. The van der Waals surface area contributed by atoms with Crippen LogP contribution in [-0.2, 0) is 44.8 Å². The van der Waals surface area contributed by atoms with Crippen LogP contribution >= 0.6 is 0 Å². The molecule has 0 aliphatic heterocycles.